The van der Waals surface area contributed by atoms with Gasteiger partial charge in [0, 0.05) is 58.6 Å². The first-order chi connectivity index (χ1) is 11.8. The maximum Gasteiger partial charge on any atom is 0.193 e. The van der Waals surface area contributed by atoms with Gasteiger partial charge in [0.2, 0.25) is 0 Å². The van der Waals surface area contributed by atoms with Crippen molar-refractivity contribution in [3.05, 3.63) is 18.0 Å². The second kappa shape index (κ2) is 8.51. The highest BCUT2D eigenvalue weighted by Gasteiger charge is 2.26. The van der Waals surface area contributed by atoms with E-state index in [1.54, 1.807) is 0 Å². The summed E-state index contributed by atoms with van der Waals surface area (Å²) in [6.45, 7) is 7.73. The van der Waals surface area contributed by atoms with E-state index in [9.17, 15) is 0 Å². The second-order valence-corrected chi connectivity index (χ2v) is 6.99. The summed E-state index contributed by atoms with van der Waals surface area (Å²) in [4.78, 5) is 7.17. The van der Waals surface area contributed by atoms with Crippen molar-refractivity contribution >= 4 is 5.96 Å². The smallest absolute Gasteiger partial charge is 0.193 e. The topological polar surface area (TPSA) is 54.7 Å². The third kappa shape index (κ3) is 4.97. The number of aliphatic imine (C=N–C) groups is 1. The summed E-state index contributed by atoms with van der Waals surface area (Å²) in [5.74, 6) is 2.45. The molecule has 1 saturated carbocycles. The average Bonchev–Trinajstić information content (AvgIpc) is 3.08. The molecule has 2 fully saturated rings. The molecule has 24 heavy (non-hydrogen) atoms. The standard InChI is InChI=1S/C18H31N5O/c1-3-19-18(20-8-4-10-24-14-15-5-6-15)23-9-7-16(13-23)17-11-21-22(2)12-17/h11-12,15-16H,3-10,13-14H2,1-2H3,(H,19,20). The van der Waals surface area contributed by atoms with Crippen molar-refractivity contribution < 1.29 is 4.74 Å². The largest absolute Gasteiger partial charge is 0.381 e. The Morgan fingerprint density at radius 1 is 1.42 bits per heavy atom. The molecule has 1 N–H and O–H groups in total. The number of likely N-dealkylation sites (tertiary alicyclic amines) is 1. The number of hydrogen-bond acceptors (Lipinski definition) is 3. The second-order valence-electron chi connectivity index (χ2n) is 6.99. The molecule has 2 aliphatic rings. The molecule has 1 unspecified atom stereocenters. The monoisotopic (exact) mass is 333 g/mol. The average molecular weight is 333 g/mol. The zero-order valence-corrected chi connectivity index (χ0v) is 15.1. The van der Waals surface area contributed by atoms with E-state index in [-0.39, 0.29) is 0 Å². The maximum atomic E-state index is 5.69. The van der Waals surface area contributed by atoms with Crippen LogP contribution in [0.25, 0.3) is 0 Å². The minimum absolute atomic E-state index is 0.560. The fourth-order valence-corrected chi connectivity index (χ4v) is 3.19. The van der Waals surface area contributed by atoms with Gasteiger partial charge in [-0.3, -0.25) is 9.67 Å². The van der Waals surface area contributed by atoms with E-state index < -0.39 is 0 Å². The Kier molecular flexibility index (Phi) is 6.12. The highest BCUT2D eigenvalue weighted by atomic mass is 16.5. The van der Waals surface area contributed by atoms with Gasteiger partial charge < -0.3 is 15.0 Å². The summed E-state index contributed by atoms with van der Waals surface area (Å²) >= 11 is 0. The van der Waals surface area contributed by atoms with Crippen molar-refractivity contribution in [2.45, 2.75) is 38.5 Å². The van der Waals surface area contributed by atoms with Crippen molar-refractivity contribution in [3.63, 3.8) is 0 Å². The Morgan fingerprint density at radius 2 is 2.29 bits per heavy atom. The Hall–Kier alpha value is -1.56. The SMILES string of the molecule is CCNC(=NCCCOCC1CC1)N1CCC(c2cnn(C)c2)C1. The van der Waals surface area contributed by atoms with Gasteiger partial charge in [-0.25, -0.2) is 0 Å². The Labute approximate surface area is 145 Å². The van der Waals surface area contributed by atoms with Crippen LogP contribution in [0.1, 0.15) is 44.1 Å². The van der Waals surface area contributed by atoms with Gasteiger partial charge in [-0.1, -0.05) is 0 Å². The first-order valence-electron chi connectivity index (χ1n) is 9.35. The van der Waals surface area contributed by atoms with Crippen LogP contribution in [-0.2, 0) is 11.8 Å². The van der Waals surface area contributed by atoms with E-state index in [0.29, 0.717) is 5.92 Å². The minimum atomic E-state index is 0.560. The predicted molar refractivity (Wildman–Crippen MR) is 96.3 cm³/mol. The Balaban J connectivity index is 1.44. The highest BCUT2D eigenvalue weighted by Crippen LogP contribution is 2.28. The molecule has 1 atom stereocenters. The summed E-state index contributed by atoms with van der Waals surface area (Å²) in [5, 5.41) is 7.74. The normalized spacial score (nSPS) is 21.5. The number of rotatable bonds is 8. The number of nitrogens with zero attached hydrogens (tertiary/aromatic N) is 4. The van der Waals surface area contributed by atoms with Gasteiger partial charge in [0.1, 0.15) is 0 Å². The molecule has 1 aromatic rings. The Morgan fingerprint density at radius 3 is 3.00 bits per heavy atom. The summed E-state index contributed by atoms with van der Waals surface area (Å²) in [6, 6.07) is 0. The van der Waals surface area contributed by atoms with Crippen molar-refractivity contribution in [1.29, 1.82) is 0 Å². The van der Waals surface area contributed by atoms with Gasteiger partial charge in [-0.05, 0) is 44.1 Å². The van der Waals surface area contributed by atoms with Gasteiger partial charge >= 0.3 is 0 Å². The van der Waals surface area contributed by atoms with E-state index in [1.807, 2.05) is 17.9 Å². The van der Waals surface area contributed by atoms with E-state index in [1.165, 1.54) is 24.8 Å². The van der Waals surface area contributed by atoms with E-state index in [2.05, 4.69) is 28.4 Å². The van der Waals surface area contributed by atoms with Gasteiger partial charge in [0.25, 0.3) is 0 Å². The van der Waals surface area contributed by atoms with Crippen LogP contribution in [0.5, 0.6) is 0 Å². The van der Waals surface area contributed by atoms with Crippen LogP contribution in [0, 0.1) is 5.92 Å². The van der Waals surface area contributed by atoms with Crippen LogP contribution in [0.2, 0.25) is 0 Å². The molecule has 134 valence electrons. The Bertz CT molecular complexity index is 537. The quantitative estimate of drug-likeness (QED) is 0.449. The molecule has 0 spiro atoms. The lowest BCUT2D eigenvalue weighted by Gasteiger charge is -2.21. The van der Waals surface area contributed by atoms with Crippen molar-refractivity contribution in [3.8, 4) is 0 Å². The van der Waals surface area contributed by atoms with Crippen LogP contribution < -0.4 is 5.32 Å². The van der Waals surface area contributed by atoms with Gasteiger partial charge in [0.05, 0.1) is 6.20 Å². The van der Waals surface area contributed by atoms with Crippen molar-refractivity contribution in [2.75, 3.05) is 39.4 Å². The predicted octanol–water partition coefficient (Wildman–Crippen LogP) is 1.99. The first-order valence-corrected chi connectivity index (χ1v) is 9.35. The van der Waals surface area contributed by atoms with E-state index in [0.717, 1.165) is 57.7 Å². The fraction of sp³-hybridized carbons (Fsp3) is 0.778. The maximum absolute atomic E-state index is 5.69. The molecule has 1 aliphatic carbocycles. The number of hydrogen-bond donors (Lipinski definition) is 1. The van der Waals surface area contributed by atoms with Crippen LogP contribution in [0.4, 0.5) is 0 Å². The van der Waals surface area contributed by atoms with Gasteiger partial charge in [0.15, 0.2) is 5.96 Å². The third-order valence-electron chi connectivity index (χ3n) is 4.78. The van der Waals surface area contributed by atoms with Crippen molar-refractivity contribution in [2.24, 2.45) is 18.0 Å². The molecule has 1 saturated heterocycles. The lowest BCUT2D eigenvalue weighted by molar-refractivity contribution is 0.123. The molecular weight excluding hydrogens is 302 g/mol. The zero-order chi connectivity index (χ0) is 16.8. The molecule has 0 amide bonds. The lowest BCUT2D eigenvalue weighted by atomic mass is 10.0. The van der Waals surface area contributed by atoms with Crippen LogP contribution in [-0.4, -0.2) is 60.0 Å². The summed E-state index contributed by atoms with van der Waals surface area (Å²) in [6.07, 6.45) is 9.01. The molecule has 2 heterocycles. The van der Waals surface area contributed by atoms with Crippen LogP contribution >= 0.6 is 0 Å². The number of aryl methyl sites for hydroxylation is 1. The molecule has 0 radical (unpaired) electrons. The molecular formula is C18H31N5O. The summed E-state index contributed by atoms with van der Waals surface area (Å²) in [5.41, 5.74) is 1.34. The van der Waals surface area contributed by atoms with Gasteiger partial charge in [-0.2, -0.15) is 5.10 Å². The van der Waals surface area contributed by atoms with E-state index in [4.69, 9.17) is 9.73 Å². The van der Waals surface area contributed by atoms with Crippen molar-refractivity contribution in [1.82, 2.24) is 20.0 Å². The number of ether oxygens (including phenoxy) is 1. The molecule has 3 rings (SSSR count). The molecule has 1 aromatic heterocycles. The molecule has 1 aliphatic heterocycles. The first kappa shape index (κ1) is 17.3. The van der Waals surface area contributed by atoms with E-state index >= 15 is 0 Å². The minimum Gasteiger partial charge on any atom is -0.381 e. The van der Waals surface area contributed by atoms with Crippen LogP contribution in [0.15, 0.2) is 17.4 Å². The fourth-order valence-electron chi connectivity index (χ4n) is 3.19. The molecule has 0 bridgehead atoms. The lowest BCUT2D eigenvalue weighted by Crippen LogP contribution is -2.40. The molecule has 6 heteroatoms. The summed E-state index contributed by atoms with van der Waals surface area (Å²) in [7, 11) is 1.98. The molecule has 6 nitrogen and oxygen atoms in total. The van der Waals surface area contributed by atoms with Gasteiger partial charge in [-0.15, -0.1) is 0 Å². The summed E-state index contributed by atoms with van der Waals surface area (Å²) < 4.78 is 7.58. The number of guanidine groups is 1. The van der Waals surface area contributed by atoms with Crippen LogP contribution in [0.3, 0.4) is 0 Å². The highest BCUT2D eigenvalue weighted by molar-refractivity contribution is 5.80. The number of aromatic nitrogens is 2. The number of nitrogens with one attached hydrogen (secondary N) is 1. The third-order valence-corrected chi connectivity index (χ3v) is 4.78. The zero-order valence-electron chi connectivity index (χ0n) is 15.1. The molecule has 0 aromatic carbocycles.